The molecule has 0 aromatic heterocycles. The lowest BCUT2D eigenvalue weighted by Gasteiger charge is -2.03. The lowest BCUT2D eigenvalue weighted by Crippen LogP contribution is -1.99. The Hall–Kier alpha value is -0.530. The van der Waals surface area contributed by atoms with E-state index >= 15 is 0 Å². The first-order valence-electron chi connectivity index (χ1n) is 3.36. The maximum Gasteiger partial charge on any atom is 0.0469 e. The minimum absolute atomic E-state index is 0.347. The fourth-order valence-electron chi connectivity index (χ4n) is 0.721. The molecule has 0 rings (SSSR count). The summed E-state index contributed by atoms with van der Waals surface area (Å²) in [6.45, 7) is 4.15. The van der Waals surface area contributed by atoms with E-state index in [0.717, 1.165) is 12.8 Å². The lowest BCUT2D eigenvalue weighted by molar-refractivity contribution is 0.318. The van der Waals surface area contributed by atoms with E-state index in [4.69, 9.17) is 5.21 Å². The average molecular weight is 128 g/mol. The van der Waals surface area contributed by atoms with Crippen molar-refractivity contribution in [1.82, 2.24) is 0 Å². The molecule has 1 atom stereocenters. The zero-order chi connectivity index (χ0) is 7.11. The van der Waals surface area contributed by atoms with Crippen LogP contribution in [0.5, 0.6) is 0 Å². The van der Waals surface area contributed by atoms with E-state index in [1.807, 2.05) is 0 Å². The topological polar surface area (TPSA) is 32.6 Å². The van der Waals surface area contributed by atoms with Crippen LogP contribution in [0, 0.1) is 12.3 Å². The molecule has 0 aliphatic rings. The third-order valence-corrected chi connectivity index (χ3v) is 1.27. The van der Waals surface area contributed by atoms with Gasteiger partial charge in [-0.3, -0.25) is 0 Å². The number of oxime groups is 1. The monoisotopic (exact) mass is 128 g/mol. The van der Waals surface area contributed by atoms with Gasteiger partial charge >= 0.3 is 0 Å². The fraction of sp³-hybridized carbons (Fsp3) is 0.714. The molecule has 0 aliphatic heterocycles. The first kappa shape index (κ1) is 8.47. The molecule has 1 radical (unpaired) electrons. The largest absolute Gasteiger partial charge is 0.411 e. The molecular formula is C7H14NO. The average Bonchev–Trinajstić information content (AvgIpc) is 1.88. The molecule has 0 aromatic rings. The molecule has 0 aliphatic carbocycles. The van der Waals surface area contributed by atoms with E-state index in [9.17, 15) is 0 Å². The van der Waals surface area contributed by atoms with Crippen molar-refractivity contribution in [3.63, 3.8) is 0 Å². The fourth-order valence-corrected chi connectivity index (χ4v) is 0.721. The highest BCUT2D eigenvalue weighted by Crippen LogP contribution is 2.05. The Labute approximate surface area is 56.6 Å². The molecule has 0 saturated carbocycles. The molecular weight excluding hydrogens is 114 g/mol. The quantitative estimate of drug-likeness (QED) is 0.351. The zero-order valence-electron chi connectivity index (χ0n) is 6.04. The highest BCUT2D eigenvalue weighted by molar-refractivity contribution is 5.61. The van der Waals surface area contributed by atoms with Gasteiger partial charge in [-0.15, -0.1) is 5.16 Å². The van der Waals surface area contributed by atoms with Crippen molar-refractivity contribution in [2.24, 2.45) is 11.1 Å². The van der Waals surface area contributed by atoms with Crippen molar-refractivity contribution in [2.75, 3.05) is 0 Å². The van der Waals surface area contributed by atoms with Crippen LogP contribution < -0.4 is 0 Å². The molecule has 0 fully saturated rings. The summed E-state index contributed by atoms with van der Waals surface area (Å²) in [5.41, 5.74) is 0. The SMILES string of the molecule is CC[CH]C(/C=N\O)CC. The maximum absolute atomic E-state index is 8.14. The number of hydrogen-bond acceptors (Lipinski definition) is 2. The molecule has 53 valence electrons. The van der Waals surface area contributed by atoms with Crippen molar-refractivity contribution >= 4 is 6.21 Å². The van der Waals surface area contributed by atoms with Crippen LogP contribution in [-0.2, 0) is 0 Å². The van der Waals surface area contributed by atoms with Crippen molar-refractivity contribution in [3.8, 4) is 0 Å². The van der Waals surface area contributed by atoms with Gasteiger partial charge in [-0.05, 0) is 12.8 Å². The van der Waals surface area contributed by atoms with Gasteiger partial charge in [0, 0.05) is 12.1 Å². The summed E-state index contributed by atoms with van der Waals surface area (Å²) in [4.78, 5) is 0. The van der Waals surface area contributed by atoms with Gasteiger partial charge in [-0.25, -0.2) is 0 Å². The smallest absolute Gasteiger partial charge is 0.0469 e. The Kier molecular flexibility index (Phi) is 5.27. The molecule has 0 bridgehead atoms. The van der Waals surface area contributed by atoms with E-state index in [1.54, 1.807) is 6.21 Å². The minimum Gasteiger partial charge on any atom is -0.411 e. The Morgan fingerprint density at radius 2 is 2.22 bits per heavy atom. The Morgan fingerprint density at radius 1 is 1.56 bits per heavy atom. The first-order chi connectivity index (χ1) is 4.35. The Balaban J connectivity index is 3.41. The molecule has 2 heteroatoms. The molecule has 0 spiro atoms. The van der Waals surface area contributed by atoms with Crippen LogP contribution >= 0.6 is 0 Å². The molecule has 1 unspecified atom stereocenters. The molecule has 2 nitrogen and oxygen atoms in total. The van der Waals surface area contributed by atoms with Crippen LogP contribution in [0.2, 0.25) is 0 Å². The normalized spacial score (nSPS) is 14.4. The predicted octanol–water partition coefficient (Wildman–Crippen LogP) is 2.09. The molecule has 0 heterocycles. The van der Waals surface area contributed by atoms with Gasteiger partial charge in [0.15, 0.2) is 0 Å². The van der Waals surface area contributed by atoms with Crippen LogP contribution in [0.25, 0.3) is 0 Å². The molecule has 0 saturated heterocycles. The first-order valence-corrected chi connectivity index (χ1v) is 3.36. The second kappa shape index (κ2) is 5.60. The second-order valence-corrected chi connectivity index (χ2v) is 1.98. The second-order valence-electron chi connectivity index (χ2n) is 1.98. The van der Waals surface area contributed by atoms with Gasteiger partial charge in [0.05, 0.1) is 0 Å². The van der Waals surface area contributed by atoms with Crippen molar-refractivity contribution in [3.05, 3.63) is 6.42 Å². The highest BCUT2D eigenvalue weighted by Gasteiger charge is 1.99. The Bertz CT molecular complexity index is 81.0. The minimum atomic E-state index is 0.347. The number of rotatable bonds is 4. The van der Waals surface area contributed by atoms with Gasteiger partial charge < -0.3 is 5.21 Å². The van der Waals surface area contributed by atoms with Gasteiger partial charge in [0.25, 0.3) is 0 Å². The highest BCUT2D eigenvalue weighted by atomic mass is 16.4. The van der Waals surface area contributed by atoms with Crippen molar-refractivity contribution < 1.29 is 5.21 Å². The zero-order valence-corrected chi connectivity index (χ0v) is 6.04. The molecule has 1 N–H and O–H groups in total. The van der Waals surface area contributed by atoms with E-state index in [2.05, 4.69) is 25.4 Å². The maximum atomic E-state index is 8.14. The van der Waals surface area contributed by atoms with Gasteiger partial charge in [-0.1, -0.05) is 20.3 Å². The Morgan fingerprint density at radius 3 is 2.56 bits per heavy atom. The van der Waals surface area contributed by atoms with Crippen molar-refractivity contribution in [2.45, 2.75) is 26.7 Å². The summed E-state index contributed by atoms with van der Waals surface area (Å²) in [5.74, 6) is 0.347. The van der Waals surface area contributed by atoms with Crippen molar-refractivity contribution in [1.29, 1.82) is 0 Å². The summed E-state index contributed by atoms with van der Waals surface area (Å²) in [5, 5.41) is 11.1. The van der Waals surface area contributed by atoms with Crippen LogP contribution in [-0.4, -0.2) is 11.4 Å². The summed E-state index contributed by atoms with van der Waals surface area (Å²) in [6.07, 6.45) is 5.73. The third-order valence-electron chi connectivity index (χ3n) is 1.27. The van der Waals surface area contributed by atoms with Gasteiger partial charge in [-0.2, -0.15) is 0 Å². The summed E-state index contributed by atoms with van der Waals surface area (Å²) in [7, 11) is 0. The summed E-state index contributed by atoms with van der Waals surface area (Å²) < 4.78 is 0. The van der Waals surface area contributed by atoms with E-state index in [-0.39, 0.29) is 0 Å². The molecule has 9 heavy (non-hydrogen) atoms. The van der Waals surface area contributed by atoms with Crippen LogP contribution in [0.15, 0.2) is 5.16 Å². The van der Waals surface area contributed by atoms with Crippen LogP contribution in [0.3, 0.4) is 0 Å². The molecule has 0 aromatic carbocycles. The van der Waals surface area contributed by atoms with E-state index < -0.39 is 0 Å². The molecule has 0 amide bonds. The van der Waals surface area contributed by atoms with E-state index in [1.165, 1.54) is 0 Å². The third kappa shape index (κ3) is 4.01. The van der Waals surface area contributed by atoms with Gasteiger partial charge in [0.2, 0.25) is 0 Å². The summed E-state index contributed by atoms with van der Waals surface area (Å²) in [6, 6.07) is 0. The van der Waals surface area contributed by atoms with E-state index in [0.29, 0.717) is 5.92 Å². The van der Waals surface area contributed by atoms with Crippen LogP contribution in [0.4, 0.5) is 0 Å². The lowest BCUT2D eigenvalue weighted by atomic mass is 10.0. The number of nitrogens with zero attached hydrogens (tertiary/aromatic N) is 1. The number of hydrogen-bond donors (Lipinski definition) is 1. The summed E-state index contributed by atoms with van der Waals surface area (Å²) >= 11 is 0. The van der Waals surface area contributed by atoms with Gasteiger partial charge in [0.1, 0.15) is 0 Å². The standard InChI is InChI=1S/C7H14NO/c1-3-5-7(4-2)6-8-9/h5-7,9H,3-4H2,1-2H3/b8-6-. The predicted molar refractivity (Wildman–Crippen MR) is 38.7 cm³/mol. The van der Waals surface area contributed by atoms with Crippen LogP contribution in [0.1, 0.15) is 26.7 Å².